The van der Waals surface area contributed by atoms with Crippen LogP contribution in [0.25, 0.3) is 11.3 Å². The average Bonchev–Trinajstić information content (AvgIpc) is 2.87. The van der Waals surface area contributed by atoms with Crippen molar-refractivity contribution < 1.29 is 18.7 Å². The second-order valence-corrected chi connectivity index (χ2v) is 10.1. The lowest BCUT2D eigenvalue weighted by Gasteiger charge is -2.40. The van der Waals surface area contributed by atoms with Gasteiger partial charge in [-0.1, -0.05) is 0 Å². The Bertz CT molecular complexity index is 1150. The van der Waals surface area contributed by atoms with E-state index in [4.69, 9.17) is 9.47 Å². The second kappa shape index (κ2) is 11.0. The number of pyridine rings is 1. The Morgan fingerprint density at radius 3 is 2.33 bits per heavy atom. The minimum Gasteiger partial charge on any atom is -0.497 e. The molecule has 1 aliphatic rings. The van der Waals surface area contributed by atoms with Crippen LogP contribution in [0.2, 0.25) is 0 Å². The first-order valence-corrected chi connectivity index (χ1v) is 12.3. The molecule has 1 aliphatic heterocycles. The van der Waals surface area contributed by atoms with Gasteiger partial charge in [0.1, 0.15) is 17.2 Å². The number of benzene rings is 2. The largest absolute Gasteiger partial charge is 0.497 e. The number of hydrogen-bond donors (Lipinski definition) is 0. The molecule has 0 spiro atoms. The number of carbonyl (C=O) groups excluding carboxylic acids is 1. The maximum atomic E-state index is 13.4. The molecule has 0 bridgehead atoms. The van der Waals surface area contributed by atoms with Gasteiger partial charge in [0.05, 0.1) is 12.8 Å². The first kappa shape index (κ1) is 25.5. The van der Waals surface area contributed by atoms with E-state index in [-0.39, 0.29) is 18.0 Å². The molecule has 1 saturated heterocycles. The van der Waals surface area contributed by atoms with E-state index in [0.717, 1.165) is 41.1 Å². The van der Waals surface area contributed by atoms with Gasteiger partial charge in [-0.2, -0.15) is 0 Å². The third kappa shape index (κ3) is 6.53. The van der Waals surface area contributed by atoms with Crippen LogP contribution in [-0.2, 0) is 11.3 Å². The summed E-state index contributed by atoms with van der Waals surface area (Å²) in [7, 11) is 1.66. The summed E-state index contributed by atoms with van der Waals surface area (Å²) < 4.78 is 24.3. The van der Waals surface area contributed by atoms with Crippen LogP contribution in [-0.4, -0.2) is 47.8 Å². The van der Waals surface area contributed by atoms with Gasteiger partial charge in [-0.25, -0.2) is 9.18 Å². The number of anilines is 1. The predicted molar refractivity (Wildman–Crippen MR) is 140 cm³/mol. The Kier molecular flexibility index (Phi) is 7.77. The third-order valence-electron chi connectivity index (χ3n) is 6.28. The minimum absolute atomic E-state index is 0.250. The number of methoxy groups -OCH3 is 1. The highest BCUT2D eigenvalue weighted by atomic mass is 19.1. The van der Waals surface area contributed by atoms with Crippen molar-refractivity contribution in [3.8, 4) is 17.0 Å². The molecule has 0 aliphatic carbocycles. The maximum Gasteiger partial charge on any atom is 0.410 e. The predicted octanol–water partition coefficient (Wildman–Crippen LogP) is 6.30. The van der Waals surface area contributed by atoms with E-state index in [0.29, 0.717) is 19.6 Å². The Hall–Kier alpha value is -3.61. The molecule has 2 aromatic carbocycles. The fourth-order valence-electron chi connectivity index (χ4n) is 4.44. The molecule has 3 aromatic rings. The summed E-state index contributed by atoms with van der Waals surface area (Å²) in [6.07, 6.45) is 3.21. The van der Waals surface area contributed by atoms with Crippen LogP contribution >= 0.6 is 0 Å². The Labute approximate surface area is 212 Å². The quantitative estimate of drug-likeness (QED) is 0.405. The number of hydrogen-bond acceptors (Lipinski definition) is 5. The van der Waals surface area contributed by atoms with Crippen LogP contribution in [0.15, 0.2) is 66.9 Å². The number of aromatic nitrogens is 1. The van der Waals surface area contributed by atoms with Gasteiger partial charge >= 0.3 is 6.09 Å². The van der Waals surface area contributed by atoms with E-state index in [1.165, 1.54) is 12.1 Å². The summed E-state index contributed by atoms with van der Waals surface area (Å²) >= 11 is 0. The molecule has 0 radical (unpaired) electrons. The monoisotopic (exact) mass is 491 g/mol. The zero-order valence-corrected chi connectivity index (χ0v) is 21.4. The number of rotatable bonds is 6. The fourth-order valence-corrected chi connectivity index (χ4v) is 4.44. The van der Waals surface area contributed by atoms with E-state index in [1.54, 1.807) is 30.3 Å². The second-order valence-electron chi connectivity index (χ2n) is 10.1. The van der Waals surface area contributed by atoms with Crippen molar-refractivity contribution in [3.05, 3.63) is 78.2 Å². The molecule has 1 amide bonds. The SMILES string of the molecule is COc1ccc(N(Cc2ccnc(-c3ccc(F)cc3)c2)C2CCN(C(=O)OC(C)(C)C)CC2)cc1. The number of amides is 1. The van der Waals surface area contributed by atoms with E-state index in [9.17, 15) is 9.18 Å². The molecule has 0 saturated carbocycles. The van der Waals surface area contributed by atoms with Crippen molar-refractivity contribution in [1.29, 1.82) is 0 Å². The van der Waals surface area contributed by atoms with Crippen molar-refractivity contribution in [2.45, 2.75) is 51.8 Å². The van der Waals surface area contributed by atoms with Gasteiger partial charge in [0.25, 0.3) is 0 Å². The highest BCUT2D eigenvalue weighted by Crippen LogP contribution is 2.29. The van der Waals surface area contributed by atoms with Crippen LogP contribution in [0.5, 0.6) is 5.75 Å². The van der Waals surface area contributed by atoms with Crippen LogP contribution in [0.3, 0.4) is 0 Å². The molecule has 36 heavy (non-hydrogen) atoms. The van der Waals surface area contributed by atoms with Crippen molar-refractivity contribution in [2.24, 2.45) is 0 Å². The molecule has 0 unspecified atom stereocenters. The zero-order valence-electron chi connectivity index (χ0n) is 21.4. The van der Waals surface area contributed by atoms with E-state index in [1.807, 2.05) is 39.0 Å². The minimum atomic E-state index is -0.507. The lowest BCUT2D eigenvalue weighted by atomic mass is 10.0. The first-order chi connectivity index (χ1) is 17.2. The molecule has 6 nitrogen and oxygen atoms in total. The van der Waals surface area contributed by atoms with Crippen molar-refractivity contribution in [3.63, 3.8) is 0 Å². The van der Waals surface area contributed by atoms with Crippen LogP contribution in [0.4, 0.5) is 14.9 Å². The highest BCUT2D eigenvalue weighted by Gasteiger charge is 2.30. The summed E-state index contributed by atoms with van der Waals surface area (Å²) in [5.74, 6) is 0.541. The van der Waals surface area contributed by atoms with Crippen LogP contribution < -0.4 is 9.64 Å². The Morgan fingerprint density at radius 1 is 1.06 bits per heavy atom. The Morgan fingerprint density at radius 2 is 1.72 bits per heavy atom. The van der Waals surface area contributed by atoms with Gasteiger partial charge in [-0.3, -0.25) is 4.98 Å². The molecule has 190 valence electrons. The van der Waals surface area contributed by atoms with Gasteiger partial charge in [-0.05, 0) is 99.8 Å². The summed E-state index contributed by atoms with van der Waals surface area (Å²) in [6, 6.07) is 18.8. The molecular formula is C29H34FN3O3. The third-order valence-corrected chi connectivity index (χ3v) is 6.28. The molecule has 1 aromatic heterocycles. The maximum absolute atomic E-state index is 13.4. The zero-order chi connectivity index (χ0) is 25.7. The van der Waals surface area contributed by atoms with E-state index < -0.39 is 5.60 Å². The first-order valence-electron chi connectivity index (χ1n) is 12.3. The number of nitrogens with zero attached hydrogens (tertiary/aromatic N) is 3. The molecule has 0 atom stereocenters. The summed E-state index contributed by atoms with van der Waals surface area (Å²) in [5.41, 5.74) is 3.37. The van der Waals surface area contributed by atoms with Gasteiger partial charge in [0.2, 0.25) is 0 Å². The standard InChI is InChI=1S/C29H34FN3O3/c1-29(2,3)36-28(34)32-17-14-25(15-18-32)33(24-9-11-26(35-4)12-10-24)20-21-13-16-31-27(19-21)22-5-7-23(30)8-6-22/h5-13,16,19,25H,14-15,17-18,20H2,1-4H3. The van der Waals surface area contributed by atoms with E-state index >= 15 is 0 Å². The number of carbonyl (C=O) groups is 1. The number of halogens is 1. The van der Waals surface area contributed by atoms with Crippen molar-refractivity contribution in [2.75, 3.05) is 25.1 Å². The molecule has 7 heteroatoms. The van der Waals surface area contributed by atoms with Gasteiger partial charge in [-0.15, -0.1) is 0 Å². The van der Waals surface area contributed by atoms with Gasteiger partial charge < -0.3 is 19.3 Å². The summed E-state index contributed by atoms with van der Waals surface area (Å²) in [5, 5.41) is 0. The number of likely N-dealkylation sites (tertiary alicyclic amines) is 1. The topological polar surface area (TPSA) is 54.9 Å². The Balaban J connectivity index is 1.54. The van der Waals surface area contributed by atoms with Crippen LogP contribution in [0.1, 0.15) is 39.2 Å². The molecule has 1 fully saturated rings. The summed E-state index contributed by atoms with van der Waals surface area (Å²) in [6.45, 7) is 7.63. The lowest BCUT2D eigenvalue weighted by molar-refractivity contribution is 0.0204. The smallest absolute Gasteiger partial charge is 0.410 e. The molecule has 2 heterocycles. The van der Waals surface area contributed by atoms with E-state index in [2.05, 4.69) is 28.1 Å². The number of ether oxygens (including phenoxy) is 2. The van der Waals surface area contributed by atoms with Crippen molar-refractivity contribution in [1.82, 2.24) is 9.88 Å². The molecular weight excluding hydrogens is 457 g/mol. The average molecular weight is 492 g/mol. The molecule has 4 rings (SSSR count). The van der Waals surface area contributed by atoms with Crippen molar-refractivity contribution >= 4 is 11.8 Å². The molecule has 0 N–H and O–H groups in total. The van der Waals surface area contributed by atoms with Gasteiger partial charge in [0, 0.05) is 43.1 Å². The fraction of sp³-hybridized carbons (Fsp3) is 0.379. The van der Waals surface area contributed by atoms with Gasteiger partial charge in [0.15, 0.2) is 0 Å². The normalized spacial score (nSPS) is 14.4. The highest BCUT2D eigenvalue weighted by molar-refractivity contribution is 5.68. The lowest BCUT2D eigenvalue weighted by Crippen LogP contribution is -2.48. The number of piperidine rings is 1. The van der Waals surface area contributed by atoms with Crippen LogP contribution in [0, 0.1) is 5.82 Å². The summed E-state index contributed by atoms with van der Waals surface area (Å²) in [4.78, 5) is 21.2.